The van der Waals surface area contributed by atoms with E-state index in [4.69, 9.17) is 5.73 Å². The largest absolute Gasteiger partial charge is 0.364 e. The highest BCUT2D eigenvalue weighted by atomic mass is 16.2. The maximum Gasteiger partial charge on any atom is 0.269 e. The fraction of sp³-hybridized carbons (Fsp3) is 0.391. The van der Waals surface area contributed by atoms with Crippen LogP contribution in [-0.2, 0) is 19.5 Å². The summed E-state index contributed by atoms with van der Waals surface area (Å²) < 4.78 is 3.95. The highest BCUT2D eigenvalue weighted by Crippen LogP contribution is 2.36. The fourth-order valence-corrected chi connectivity index (χ4v) is 5.12. The molecule has 1 saturated heterocycles. The van der Waals surface area contributed by atoms with Crippen LogP contribution in [0.4, 0.5) is 0 Å². The third-order valence-corrected chi connectivity index (χ3v) is 6.65. The minimum atomic E-state index is -0.526. The molecule has 8 heteroatoms. The van der Waals surface area contributed by atoms with Crippen molar-refractivity contribution >= 4 is 11.8 Å². The van der Waals surface area contributed by atoms with Gasteiger partial charge in [0.1, 0.15) is 11.5 Å². The summed E-state index contributed by atoms with van der Waals surface area (Å²) in [6.07, 6.45) is 4.08. The van der Waals surface area contributed by atoms with Crippen molar-refractivity contribution < 1.29 is 9.59 Å². The number of carbonyl (C=O) groups excluding carboxylic acids is 2. The van der Waals surface area contributed by atoms with Gasteiger partial charge in [-0.2, -0.15) is 5.10 Å². The Kier molecular flexibility index (Phi) is 4.64. The van der Waals surface area contributed by atoms with E-state index < -0.39 is 5.91 Å². The van der Waals surface area contributed by atoms with E-state index in [1.165, 1.54) is 0 Å². The quantitative estimate of drug-likeness (QED) is 0.703. The molecule has 160 valence electrons. The number of benzene rings is 1. The lowest BCUT2D eigenvalue weighted by atomic mass is 10.1. The van der Waals surface area contributed by atoms with Crippen molar-refractivity contribution in [1.82, 2.24) is 24.2 Å². The van der Waals surface area contributed by atoms with Crippen molar-refractivity contribution in [2.24, 2.45) is 5.73 Å². The van der Waals surface area contributed by atoms with Gasteiger partial charge in [-0.1, -0.05) is 30.3 Å². The molecule has 31 heavy (non-hydrogen) atoms. The van der Waals surface area contributed by atoms with Gasteiger partial charge in [-0.05, 0) is 26.7 Å². The average Bonchev–Trinajstić information content (AvgIpc) is 3.40. The number of aryl methyl sites for hydroxylation is 1. The molecule has 0 aliphatic carbocycles. The second-order valence-corrected chi connectivity index (χ2v) is 8.33. The molecule has 0 unspecified atom stereocenters. The summed E-state index contributed by atoms with van der Waals surface area (Å²) >= 11 is 0. The third kappa shape index (κ3) is 3.05. The first-order valence-corrected chi connectivity index (χ1v) is 10.8. The Bertz CT molecular complexity index is 1160. The summed E-state index contributed by atoms with van der Waals surface area (Å²) in [5.74, 6) is 0.228. The van der Waals surface area contributed by atoms with Gasteiger partial charge in [-0.3, -0.25) is 14.3 Å². The predicted molar refractivity (Wildman–Crippen MR) is 116 cm³/mol. The van der Waals surface area contributed by atoms with Crippen molar-refractivity contribution in [1.29, 1.82) is 0 Å². The zero-order valence-corrected chi connectivity index (χ0v) is 17.8. The molecule has 2 bridgehead atoms. The fourth-order valence-electron chi connectivity index (χ4n) is 5.12. The van der Waals surface area contributed by atoms with Gasteiger partial charge in [0.25, 0.3) is 11.8 Å². The molecular formula is C23H26N6O2. The van der Waals surface area contributed by atoms with Crippen LogP contribution >= 0.6 is 0 Å². The van der Waals surface area contributed by atoms with Crippen molar-refractivity contribution in [3.05, 3.63) is 59.2 Å². The van der Waals surface area contributed by atoms with Crippen LogP contribution in [0.2, 0.25) is 0 Å². The van der Waals surface area contributed by atoms with Gasteiger partial charge >= 0.3 is 0 Å². The lowest BCUT2D eigenvalue weighted by Gasteiger charge is -2.28. The predicted octanol–water partition coefficient (Wildman–Crippen LogP) is 2.40. The first-order valence-electron chi connectivity index (χ1n) is 10.8. The molecule has 2 atom stereocenters. The number of nitrogens with two attached hydrogens (primary N) is 1. The van der Waals surface area contributed by atoms with Crippen molar-refractivity contribution in [3.8, 4) is 11.4 Å². The molecule has 2 aromatic heterocycles. The van der Waals surface area contributed by atoms with Gasteiger partial charge in [0, 0.05) is 36.8 Å². The van der Waals surface area contributed by atoms with Crippen LogP contribution in [0.5, 0.6) is 0 Å². The van der Waals surface area contributed by atoms with Crippen LogP contribution in [0.15, 0.2) is 36.5 Å². The van der Waals surface area contributed by atoms with E-state index in [9.17, 15) is 9.59 Å². The van der Waals surface area contributed by atoms with Crippen LogP contribution in [0.3, 0.4) is 0 Å². The van der Waals surface area contributed by atoms with Gasteiger partial charge in [0.05, 0.1) is 23.5 Å². The van der Waals surface area contributed by atoms with Crippen molar-refractivity contribution in [2.75, 3.05) is 0 Å². The summed E-state index contributed by atoms with van der Waals surface area (Å²) in [6.45, 7) is 5.28. The van der Waals surface area contributed by atoms with Crippen LogP contribution in [0.25, 0.3) is 11.4 Å². The number of primary amides is 1. The van der Waals surface area contributed by atoms with Gasteiger partial charge in [0.2, 0.25) is 0 Å². The molecule has 2 aliphatic heterocycles. The molecular weight excluding hydrogens is 392 g/mol. The topological polar surface area (TPSA) is 99.0 Å². The van der Waals surface area contributed by atoms with Crippen molar-refractivity contribution in [2.45, 2.75) is 58.3 Å². The Hall–Kier alpha value is -3.42. The highest BCUT2D eigenvalue weighted by Gasteiger charge is 2.43. The number of hydrogen-bond acceptors (Lipinski definition) is 4. The number of carbonyl (C=O) groups is 2. The maximum absolute atomic E-state index is 13.6. The van der Waals surface area contributed by atoms with Crippen LogP contribution in [0, 0.1) is 6.92 Å². The molecule has 4 heterocycles. The normalized spacial score (nSPS) is 19.9. The van der Waals surface area contributed by atoms with E-state index in [0.29, 0.717) is 24.2 Å². The number of aromatic nitrogens is 4. The first kappa shape index (κ1) is 19.5. The zero-order valence-electron chi connectivity index (χ0n) is 17.8. The maximum atomic E-state index is 13.6. The minimum absolute atomic E-state index is 0.0153. The molecule has 2 N–H and O–H groups in total. The standard InChI is InChI=1S/C23H26N6O2/c1-3-28-14(2)18(12-25-28)23(31)29-16-9-10-17(29)13-27-19(11-16)20(21(24)30)26-22(27)15-7-5-4-6-8-15/h4-8,12,16-17H,3,9-11,13H2,1-2H3,(H2,24,30)/t16-,17+/m0/s1. The second-order valence-electron chi connectivity index (χ2n) is 8.33. The Morgan fingerprint density at radius 3 is 2.58 bits per heavy atom. The van der Waals surface area contributed by atoms with Gasteiger partial charge in [-0.25, -0.2) is 4.98 Å². The van der Waals surface area contributed by atoms with E-state index in [1.54, 1.807) is 6.20 Å². The second kappa shape index (κ2) is 7.37. The van der Waals surface area contributed by atoms with E-state index in [2.05, 4.69) is 14.6 Å². The van der Waals surface area contributed by atoms with E-state index in [-0.39, 0.29) is 18.0 Å². The van der Waals surface area contributed by atoms with Gasteiger partial charge < -0.3 is 15.2 Å². The smallest absolute Gasteiger partial charge is 0.269 e. The molecule has 8 nitrogen and oxygen atoms in total. The molecule has 2 amide bonds. The summed E-state index contributed by atoms with van der Waals surface area (Å²) in [5.41, 5.74) is 9.32. The molecule has 1 fully saturated rings. The Morgan fingerprint density at radius 1 is 1.16 bits per heavy atom. The van der Waals surface area contributed by atoms with E-state index in [0.717, 1.165) is 42.2 Å². The number of rotatable bonds is 4. The highest BCUT2D eigenvalue weighted by molar-refractivity contribution is 5.96. The minimum Gasteiger partial charge on any atom is -0.364 e. The summed E-state index contributed by atoms with van der Waals surface area (Å²) in [4.78, 5) is 32.4. The van der Waals surface area contributed by atoms with Crippen LogP contribution < -0.4 is 5.73 Å². The van der Waals surface area contributed by atoms with Crippen molar-refractivity contribution in [3.63, 3.8) is 0 Å². The number of imidazole rings is 1. The Morgan fingerprint density at radius 2 is 1.90 bits per heavy atom. The van der Waals surface area contributed by atoms with Crippen LogP contribution in [0.1, 0.15) is 52.0 Å². The summed E-state index contributed by atoms with van der Waals surface area (Å²) in [6, 6.07) is 9.87. The monoisotopic (exact) mass is 418 g/mol. The number of nitrogens with zero attached hydrogens (tertiary/aromatic N) is 5. The molecule has 5 rings (SSSR count). The average molecular weight is 419 g/mol. The molecule has 1 aromatic carbocycles. The third-order valence-electron chi connectivity index (χ3n) is 6.65. The summed E-state index contributed by atoms with van der Waals surface area (Å²) in [7, 11) is 0. The van der Waals surface area contributed by atoms with Crippen LogP contribution in [-0.4, -0.2) is 48.1 Å². The Labute approximate surface area is 180 Å². The first-order chi connectivity index (χ1) is 15.0. The van der Waals surface area contributed by atoms with E-state index >= 15 is 0 Å². The molecule has 3 aromatic rings. The molecule has 0 radical (unpaired) electrons. The Balaban J connectivity index is 1.56. The lowest BCUT2D eigenvalue weighted by molar-refractivity contribution is 0.0665. The lowest BCUT2D eigenvalue weighted by Crippen LogP contribution is -2.42. The zero-order chi connectivity index (χ0) is 21.7. The SMILES string of the molecule is CCn1ncc(C(=O)N2[C@@H]3CC[C@H]2Cc2c(C(N)=O)nc(-c4ccccc4)n2C3)c1C. The van der Waals surface area contributed by atoms with Gasteiger partial charge in [0.15, 0.2) is 0 Å². The number of amides is 2. The number of hydrogen-bond donors (Lipinski definition) is 1. The summed E-state index contributed by atoms with van der Waals surface area (Å²) in [5, 5.41) is 4.36. The molecule has 0 spiro atoms. The molecule has 2 aliphatic rings. The molecule has 0 saturated carbocycles. The number of fused-ring (bicyclic) bond motifs is 3. The van der Waals surface area contributed by atoms with Gasteiger partial charge in [-0.15, -0.1) is 0 Å². The van der Waals surface area contributed by atoms with E-state index in [1.807, 2.05) is 53.8 Å².